The zero-order chi connectivity index (χ0) is 13.7. The Bertz CT molecular complexity index is 422. The highest BCUT2D eigenvalue weighted by Crippen LogP contribution is 2.21. The van der Waals surface area contributed by atoms with E-state index in [1.807, 2.05) is 6.92 Å². The van der Waals surface area contributed by atoms with E-state index in [4.69, 9.17) is 0 Å². The molecule has 2 nitrogen and oxygen atoms in total. The van der Waals surface area contributed by atoms with Crippen LogP contribution in [0, 0.1) is 6.92 Å². The first kappa shape index (κ1) is 15.9. The zero-order valence-electron chi connectivity index (χ0n) is 11.5. The molecule has 102 valence electrons. The van der Waals surface area contributed by atoms with Crippen molar-refractivity contribution in [3.63, 3.8) is 0 Å². The third-order valence-electron chi connectivity index (χ3n) is 3.25. The first-order chi connectivity index (χ1) is 8.41. The van der Waals surface area contributed by atoms with Gasteiger partial charge in [-0.25, -0.2) is 0 Å². The van der Waals surface area contributed by atoms with Gasteiger partial charge >= 0.3 is 0 Å². The van der Waals surface area contributed by atoms with E-state index in [0.29, 0.717) is 6.04 Å². The van der Waals surface area contributed by atoms with Crippen LogP contribution >= 0.6 is 15.9 Å². The Hall–Kier alpha value is -0.190. The molecule has 1 aromatic carbocycles. The Kier molecular flexibility index (Phi) is 6.53. The largest absolute Gasteiger partial charge is 0.310 e. The second kappa shape index (κ2) is 7.41. The molecule has 0 spiro atoms. The van der Waals surface area contributed by atoms with Gasteiger partial charge in [-0.05, 0) is 44.0 Å². The van der Waals surface area contributed by atoms with Crippen LogP contribution in [-0.2, 0) is 10.8 Å². The highest BCUT2D eigenvalue weighted by atomic mass is 79.9. The van der Waals surface area contributed by atoms with E-state index in [1.165, 1.54) is 11.1 Å². The van der Waals surface area contributed by atoms with Gasteiger partial charge in [-0.3, -0.25) is 4.21 Å². The topological polar surface area (TPSA) is 29.1 Å². The lowest BCUT2D eigenvalue weighted by molar-refractivity contribution is 0.553. The molecule has 0 aromatic heterocycles. The van der Waals surface area contributed by atoms with E-state index in [-0.39, 0.29) is 5.25 Å². The summed E-state index contributed by atoms with van der Waals surface area (Å²) in [6.07, 6.45) is 2.72. The molecular weight excluding hydrogens is 310 g/mol. The summed E-state index contributed by atoms with van der Waals surface area (Å²) < 4.78 is 12.4. The Morgan fingerprint density at radius 2 is 2.06 bits per heavy atom. The maximum atomic E-state index is 11.2. The molecule has 0 fully saturated rings. The van der Waals surface area contributed by atoms with Crippen LogP contribution in [-0.4, -0.2) is 22.3 Å². The van der Waals surface area contributed by atoms with E-state index >= 15 is 0 Å². The highest BCUT2D eigenvalue weighted by molar-refractivity contribution is 9.10. The fourth-order valence-corrected chi connectivity index (χ4v) is 2.42. The normalized spacial score (nSPS) is 16.3. The molecule has 0 radical (unpaired) electrons. The molecule has 0 saturated carbocycles. The standard InChI is InChI=1S/C14H22BrNOS/c1-10-9-13(5-6-14(10)15)12(3)16-8-7-11(2)18(4)17/h5-6,9,11-12,16H,7-8H2,1-4H3/t11-,12-,18+/m0/s1. The monoisotopic (exact) mass is 331 g/mol. The summed E-state index contributed by atoms with van der Waals surface area (Å²) in [5.41, 5.74) is 2.55. The molecule has 0 aliphatic heterocycles. The number of hydrogen-bond acceptors (Lipinski definition) is 2. The molecule has 0 bridgehead atoms. The molecule has 1 rings (SSSR count). The van der Waals surface area contributed by atoms with Gasteiger partial charge in [-0.15, -0.1) is 0 Å². The molecular formula is C14H22BrNOS. The third-order valence-corrected chi connectivity index (χ3v) is 5.51. The number of rotatable bonds is 6. The lowest BCUT2D eigenvalue weighted by Gasteiger charge is -2.16. The number of nitrogens with one attached hydrogen (secondary N) is 1. The van der Waals surface area contributed by atoms with Crippen molar-refractivity contribution in [2.45, 2.75) is 38.5 Å². The predicted octanol–water partition coefficient (Wildman–Crippen LogP) is 3.57. The summed E-state index contributed by atoms with van der Waals surface area (Å²) in [5, 5.41) is 3.74. The van der Waals surface area contributed by atoms with Crippen LogP contribution in [0.3, 0.4) is 0 Å². The van der Waals surface area contributed by atoms with Gasteiger partial charge in [-0.2, -0.15) is 0 Å². The van der Waals surface area contributed by atoms with Crippen LogP contribution in [0.15, 0.2) is 22.7 Å². The van der Waals surface area contributed by atoms with Crippen molar-refractivity contribution in [1.82, 2.24) is 5.32 Å². The first-order valence-corrected chi connectivity index (χ1v) is 8.65. The van der Waals surface area contributed by atoms with Crippen LogP contribution < -0.4 is 5.32 Å². The molecule has 0 aliphatic rings. The lowest BCUT2D eigenvalue weighted by atomic mass is 10.1. The minimum absolute atomic E-state index is 0.261. The fraction of sp³-hybridized carbons (Fsp3) is 0.571. The second-order valence-corrected chi connectivity index (χ2v) is 7.44. The van der Waals surface area contributed by atoms with Crippen molar-refractivity contribution in [3.8, 4) is 0 Å². The SMILES string of the molecule is Cc1cc([C@H](C)NCC[C@H](C)[S@@](C)=O)ccc1Br. The summed E-state index contributed by atoms with van der Waals surface area (Å²) in [7, 11) is -0.722. The van der Waals surface area contributed by atoms with Crippen molar-refractivity contribution in [3.05, 3.63) is 33.8 Å². The number of halogens is 1. The molecule has 0 amide bonds. The van der Waals surface area contributed by atoms with Gasteiger partial charge in [0.2, 0.25) is 0 Å². The van der Waals surface area contributed by atoms with Gasteiger partial charge in [0.15, 0.2) is 0 Å². The zero-order valence-corrected chi connectivity index (χ0v) is 13.9. The van der Waals surface area contributed by atoms with E-state index in [2.05, 4.69) is 53.3 Å². The van der Waals surface area contributed by atoms with E-state index in [0.717, 1.165) is 17.4 Å². The summed E-state index contributed by atoms with van der Waals surface area (Å²) in [6.45, 7) is 7.20. The van der Waals surface area contributed by atoms with Crippen LogP contribution in [0.1, 0.15) is 37.4 Å². The fourth-order valence-electron chi connectivity index (χ4n) is 1.72. The Morgan fingerprint density at radius 3 is 2.61 bits per heavy atom. The first-order valence-electron chi connectivity index (χ1n) is 6.23. The van der Waals surface area contributed by atoms with Crippen molar-refractivity contribution >= 4 is 26.7 Å². The predicted molar refractivity (Wildman–Crippen MR) is 83.4 cm³/mol. The van der Waals surface area contributed by atoms with E-state index in [9.17, 15) is 4.21 Å². The molecule has 3 atom stereocenters. The third kappa shape index (κ3) is 4.82. The maximum absolute atomic E-state index is 11.2. The molecule has 4 heteroatoms. The summed E-state index contributed by atoms with van der Waals surface area (Å²) in [6, 6.07) is 6.75. The molecule has 1 aromatic rings. The lowest BCUT2D eigenvalue weighted by Crippen LogP contribution is -2.24. The molecule has 0 unspecified atom stereocenters. The molecule has 18 heavy (non-hydrogen) atoms. The molecule has 0 aliphatic carbocycles. The van der Waals surface area contributed by atoms with Crippen LogP contribution in [0.2, 0.25) is 0 Å². The number of benzene rings is 1. The highest BCUT2D eigenvalue weighted by Gasteiger charge is 2.09. The van der Waals surface area contributed by atoms with Crippen molar-refractivity contribution in [1.29, 1.82) is 0 Å². The average molecular weight is 332 g/mol. The minimum atomic E-state index is -0.722. The van der Waals surface area contributed by atoms with Gasteiger partial charge in [0.05, 0.1) is 0 Å². The van der Waals surface area contributed by atoms with Gasteiger partial charge in [0.1, 0.15) is 0 Å². The average Bonchev–Trinajstić information content (AvgIpc) is 2.32. The summed E-state index contributed by atoms with van der Waals surface area (Å²) >= 11 is 3.51. The molecule has 1 N–H and O–H groups in total. The molecule has 0 saturated heterocycles. The van der Waals surface area contributed by atoms with Crippen molar-refractivity contribution in [2.24, 2.45) is 0 Å². The number of hydrogen-bond donors (Lipinski definition) is 1. The van der Waals surface area contributed by atoms with Crippen molar-refractivity contribution in [2.75, 3.05) is 12.8 Å². The number of aryl methyl sites for hydroxylation is 1. The molecule has 0 heterocycles. The van der Waals surface area contributed by atoms with Crippen LogP contribution in [0.5, 0.6) is 0 Å². The maximum Gasteiger partial charge on any atom is 0.0329 e. The minimum Gasteiger partial charge on any atom is -0.310 e. The van der Waals surface area contributed by atoms with Gasteiger partial charge in [-0.1, -0.05) is 35.0 Å². The van der Waals surface area contributed by atoms with E-state index < -0.39 is 10.8 Å². The quantitative estimate of drug-likeness (QED) is 0.863. The Morgan fingerprint density at radius 1 is 1.39 bits per heavy atom. The second-order valence-electron chi connectivity index (χ2n) is 4.78. The Labute approximate surface area is 121 Å². The van der Waals surface area contributed by atoms with Gasteiger partial charge < -0.3 is 5.32 Å². The smallest absolute Gasteiger partial charge is 0.0329 e. The van der Waals surface area contributed by atoms with Crippen LogP contribution in [0.25, 0.3) is 0 Å². The van der Waals surface area contributed by atoms with Crippen molar-refractivity contribution < 1.29 is 4.21 Å². The van der Waals surface area contributed by atoms with Gasteiger partial charge in [0.25, 0.3) is 0 Å². The Balaban J connectivity index is 2.47. The van der Waals surface area contributed by atoms with Crippen LogP contribution in [0.4, 0.5) is 0 Å². The van der Waals surface area contributed by atoms with E-state index in [1.54, 1.807) is 6.26 Å². The summed E-state index contributed by atoms with van der Waals surface area (Å²) in [4.78, 5) is 0. The van der Waals surface area contributed by atoms with Gasteiger partial charge in [0, 0.05) is 32.8 Å². The summed E-state index contributed by atoms with van der Waals surface area (Å²) in [5.74, 6) is 0.